The van der Waals surface area contributed by atoms with Crippen LogP contribution in [0.5, 0.6) is 0 Å². The van der Waals surface area contributed by atoms with Gasteiger partial charge in [0.05, 0.1) is 31.0 Å². The van der Waals surface area contributed by atoms with Crippen molar-refractivity contribution in [3.8, 4) is 5.82 Å². The fraction of sp³-hybridized carbons (Fsp3) is 0.542. The molecule has 1 N–H and O–H groups in total. The van der Waals surface area contributed by atoms with Gasteiger partial charge in [-0.1, -0.05) is 0 Å². The quantitative estimate of drug-likeness (QED) is 0.648. The molecule has 0 bridgehead atoms. The lowest BCUT2D eigenvalue weighted by atomic mass is 9.85. The molecule has 3 aromatic rings. The zero-order valence-corrected chi connectivity index (χ0v) is 19.4. The zero-order valence-electron chi connectivity index (χ0n) is 19.4. The van der Waals surface area contributed by atoms with Crippen LogP contribution in [-0.4, -0.2) is 88.5 Å². The average Bonchev–Trinajstić information content (AvgIpc) is 3.21. The number of ether oxygens (including phenoxy) is 1. The Bertz CT molecular complexity index is 1150. The van der Waals surface area contributed by atoms with Gasteiger partial charge in [-0.2, -0.15) is 5.10 Å². The molecule has 176 valence electrons. The monoisotopic (exact) mass is 454 g/mol. The predicted octanol–water partition coefficient (Wildman–Crippen LogP) is 2.39. The summed E-state index contributed by atoms with van der Waals surface area (Å²) in [6, 6.07) is 6.11. The van der Waals surface area contributed by atoms with E-state index in [0.717, 1.165) is 40.8 Å². The highest BCUT2D eigenvalue weighted by Gasteiger charge is 2.30. The number of hydrogen-bond acceptors (Lipinski definition) is 7. The Morgan fingerprint density at radius 2 is 1.94 bits per heavy atom. The fourth-order valence-electron chi connectivity index (χ4n) is 5.04. The van der Waals surface area contributed by atoms with Crippen LogP contribution in [0, 0.1) is 13.8 Å². The summed E-state index contributed by atoms with van der Waals surface area (Å²) in [7, 11) is 1.97. The molecule has 2 aliphatic rings. The molecule has 0 unspecified atom stereocenters. The number of likely N-dealkylation sites (tertiary alicyclic amines) is 1. The highest BCUT2D eigenvalue weighted by molar-refractivity contribution is 5.82. The molecule has 33 heavy (non-hydrogen) atoms. The SMILES string of the molecule is Cc1nc(N2CCO[C@H](CO)C2)cc(-n2ncc3cc(C)c([C@H]4CCN(C)C[C@H]4F)cc32)n1. The third-order valence-electron chi connectivity index (χ3n) is 6.79. The van der Waals surface area contributed by atoms with Gasteiger partial charge >= 0.3 is 0 Å². The lowest BCUT2D eigenvalue weighted by molar-refractivity contribution is 0.00335. The number of piperidine rings is 1. The summed E-state index contributed by atoms with van der Waals surface area (Å²) < 4.78 is 22.4. The number of halogens is 1. The van der Waals surface area contributed by atoms with Crippen LogP contribution in [-0.2, 0) is 4.74 Å². The number of hydrogen-bond donors (Lipinski definition) is 1. The van der Waals surface area contributed by atoms with Crippen molar-refractivity contribution in [2.24, 2.45) is 0 Å². The van der Waals surface area contributed by atoms with E-state index in [9.17, 15) is 9.50 Å². The molecule has 2 fully saturated rings. The number of nitrogens with zero attached hydrogens (tertiary/aromatic N) is 6. The zero-order chi connectivity index (χ0) is 23.1. The van der Waals surface area contributed by atoms with Crippen LogP contribution >= 0.6 is 0 Å². The first kappa shape index (κ1) is 22.2. The summed E-state index contributed by atoms with van der Waals surface area (Å²) >= 11 is 0. The minimum Gasteiger partial charge on any atom is -0.394 e. The van der Waals surface area contributed by atoms with Crippen molar-refractivity contribution < 1.29 is 14.2 Å². The normalized spacial score (nSPS) is 24.5. The summed E-state index contributed by atoms with van der Waals surface area (Å²) in [5.74, 6) is 1.99. The number of aromatic nitrogens is 4. The molecular weight excluding hydrogens is 423 g/mol. The lowest BCUT2D eigenvalue weighted by Crippen LogP contribution is -2.44. The van der Waals surface area contributed by atoms with E-state index in [-0.39, 0.29) is 18.6 Å². The smallest absolute Gasteiger partial charge is 0.159 e. The summed E-state index contributed by atoms with van der Waals surface area (Å²) in [6.07, 6.45) is 1.53. The van der Waals surface area contributed by atoms with Crippen molar-refractivity contribution in [1.29, 1.82) is 0 Å². The molecule has 0 aliphatic carbocycles. The maximum Gasteiger partial charge on any atom is 0.159 e. The number of rotatable bonds is 4. The molecule has 0 spiro atoms. The van der Waals surface area contributed by atoms with Gasteiger partial charge in [0.1, 0.15) is 17.8 Å². The fourth-order valence-corrected chi connectivity index (χ4v) is 5.04. The Hall–Kier alpha value is -2.62. The van der Waals surface area contributed by atoms with Crippen LogP contribution < -0.4 is 4.90 Å². The maximum atomic E-state index is 15.0. The van der Waals surface area contributed by atoms with Crippen molar-refractivity contribution in [3.63, 3.8) is 0 Å². The summed E-state index contributed by atoms with van der Waals surface area (Å²) in [4.78, 5) is 13.4. The average molecular weight is 455 g/mol. The second-order valence-electron chi connectivity index (χ2n) is 9.25. The number of morpholine rings is 1. The molecule has 4 heterocycles. The van der Waals surface area contributed by atoms with E-state index >= 15 is 0 Å². The third-order valence-corrected chi connectivity index (χ3v) is 6.79. The van der Waals surface area contributed by atoms with Crippen molar-refractivity contribution in [2.45, 2.75) is 38.5 Å². The Morgan fingerprint density at radius 1 is 1.12 bits per heavy atom. The van der Waals surface area contributed by atoms with E-state index < -0.39 is 6.17 Å². The van der Waals surface area contributed by atoms with E-state index in [4.69, 9.17) is 4.74 Å². The lowest BCUT2D eigenvalue weighted by Gasteiger charge is -2.33. The number of aliphatic hydroxyl groups excluding tert-OH is 1. The predicted molar refractivity (Wildman–Crippen MR) is 125 cm³/mol. The van der Waals surface area contributed by atoms with E-state index in [0.29, 0.717) is 37.9 Å². The number of alkyl halides is 1. The minimum absolute atomic E-state index is 0.0220. The molecule has 2 saturated heterocycles. The topological polar surface area (TPSA) is 79.5 Å². The first-order chi connectivity index (χ1) is 15.9. The van der Waals surface area contributed by atoms with Gasteiger partial charge in [0.2, 0.25) is 0 Å². The Labute approximate surface area is 193 Å². The van der Waals surface area contributed by atoms with Gasteiger partial charge in [-0.15, -0.1) is 0 Å². The standard InChI is InChI=1S/C24H31FN6O2/c1-15-8-17-11-26-31(22(17)9-20(15)19-4-5-29(3)13-21(19)25)24-10-23(27-16(2)28-24)30-6-7-33-18(12-30)14-32/h8-11,18-19,21,32H,4-7,12-14H2,1-3H3/t18-,19+,21+/m0/s1. The molecule has 8 nitrogen and oxygen atoms in total. The van der Waals surface area contributed by atoms with Gasteiger partial charge in [-0.25, -0.2) is 19.0 Å². The van der Waals surface area contributed by atoms with Gasteiger partial charge in [-0.3, -0.25) is 0 Å². The molecule has 2 aromatic heterocycles. The third kappa shape index (κ3) is 4.32. The van der Waals surface area contributed by atoms with E-state index in [2.05, 4.69) is 43.9 Å². The molecule has 5 rings (SSSR count). The van der Waals surface area contributed by atoms with Crippen molar-refractivity contribution in [1.82, 2.24) is 24.6 Å². The Morgan fingerprint density at radius 3 is 2.73 bits per heavy atom. The number of aryl methyl sites for hydroxylation is 2. The van der Waals surface area contributed by atoms with Gasteiger partial charge in [0.25, 0.3) is 0 Å². The minimum atomic E-state index is -0.884. The summed E-state index contributed by atoms with van der Waals surface area (Å²) in [5, 5.41) is 15.1. The molecule has 0 amide bonds. The molecule has 0 radical (unpaired) electrons. The van der Waals surface area contributed by atoms with Crippen LogP contribution in [0.4, 0.5) is 10.2 Å². The number of fused-ring (bicyclic) bond motifs is 1. The van der Waals surface area contributed by atoms with Crippen molar-refractivity contribution in [2.75, 3.05) is 51.3 Å². The van der Waals surface area contributed by atoms with Crippen LogP contribution in [0.15, 0.2) is 24.4 Å². The summed E-state index contributed by atoms with van der Waals surface area (Å²) in [6.45, 7) is 7.07. The molecule has 0 saturated carbocycles. The number of anilines is 1. The van der Waals surface area contributed by atoms with E-state index in [1.807, 2.05) is 30.9 Å². The number of benzene rings is 1. The highest BCUT2D eigenvalue weighted by atomic mass is 19.1. The Kier molecular flexibility index (Phi) is 6.03. The highest BCUT2D eigenvalue weighted by Crippen LogP contribution is 2.35. The first-order valence-electron chi connectivity index (χ1n) is 11.6. The Balaban J connectivity index is 1.53. The van der Waals surface area contributed by atoms with E-state index in [1.54, 1.807) is 0 Å². The second kappa shape index (κ2) is 8.96. The first-order valence-corrected chi connectivity index (χ1v) is 11.6. The van der Waals surface area contributed by atoms with Gasteiger partial charge in [0, 0.05) is 37.0 Å². The van der Waals surface area contributed by atoms with Crippen LogP contribution in [0.25, 0.3) is 16.7 Å². The van der Waals surface area contributed by atoms with Crippen LogP contribution in [0.2, 0.25) is 0 Å². The maximum absolute atomic E-state index is 15.0. The molecule has 9 heteroatoms. The van der Waals surface area contributed by atoms with Crippen molar-refractivity contribution >= 4 is 16.7 Å². The van der Waals surface area contributed by atoms with Crippen molar-refractivity contribution in [3.05, 3.63) is 41.3 Å². The molecule has 3 atom stereocenters. The van der Waals surface area contributed by atoms with Gasteiger partial charge < -0.3 is 19.6 Å². The van der Waals surface area contributed by atoms with Gasteiger partial charge in [-0.05, 0) is 57.1 Å². The van der Waals surface area contributed by atoms with Crippen LogP contribution in [0.3, 0.4) is 0 Å². The largest absolute Gasteiger partial charge is 0.394 e. The second-order valence-corrected chi connectivity index (χ2v) is 9.25. The molecular formula is C24H31FN6O2. The molecule has 1 aromatic carbocycles. The van der Waals surface area contributed by atoms with E-state index in [1.165, 1.54) is 0 Å². The van der Waals surface area contributed by atoms with Gasteiger partial charge in [0.15, 0.2) is 5.82 Å². The van der Waals surface area contributed by atoms with Crippen LogP contribution in [0.1, 0.15) is 29.3 Å². The summed E-state index contributed by atoms with van der Waals surface area (Å²) in [5.41, 5.74) is 3.07. The molecule has 2 aliphatic heterocycles. The number of aliphatic hydroxyl groups is 1.